The number of nitrogens with zero attached hydrogens (tertiary/aromatic N) is 1. The molecule has 0 aliphatic carbocycles. The van der Waals surface area contributed by atoms with E-state index in [1.54, 1.807) is 24.3 Å². The van der Waals surface area contributed by atoms with Gasteiger partial charge in [-0.1, -0.05) is 42.0 Å². The number of aliphatic hydroxyl groups excluding tert-OH is 1. The number of nitro benzene ring substituents is 1. The summed E-state index contributed by atoms with van der Waals surface area (Å²) in [6.07, 6.45) is 0.283. The number of aryl methyl sites for hydroxylation is 1. The molecule has 0 unspecified atom stereocenters. The Morgan fingerprint density at radius 3 is 2.33 bits per heavy atom. The van der Waals surface area contributed by atoms with Crippen molar-refractivity contribution in [3.8, 4) is 0 Å². The van der Waals surface area contributed by atoms with Crippen molar-refractivity contribution in [1.82, 2.24) is 0 Å². The smallest absolute Gasteiger partial charge is 0.269 e. The third-order valence-corrected chi connectivity index (χ3v) is 4.89. The third kappa shape index (κ3) is 4.91. The van der Waals surface area contributed by atoms with E-state index in [-0.39, 0.29) is 29.7 Å². The number of carbonyl (C=O) groups is 1. The molecule has 0 fully saturated rings. The van der Waals surface area contributed by atoms with Crippen LogP contribution in [-0.4, -0.2) is 28.2 Å². The van der Waals surface area contributed by atoms with E-state index in [0.29, 0.717) is 11.3 Å². The fourth-order valence-corrected chi connectivity index (χ4v) is 3.31. The highest BCUT2D eigenvalue weighted by molar-refractivity contribution is 7.99. The molecule has 0 saturated carbocycles. The van der Waals surface area contributed by atoms with Gasteiger partial charge in [-0.05, 0) is 12.5 Å². The summed E-state index contributed by atoms with van der Waals surface area (Å²) in [6, 6.07) is 13.6. The second-order valence-corrected chi connectivity index (χ2v) is 6.74. The molecule has 0 aliphatic heterocycles. The summed E-state index contributed by atoms with van der Waals surface area (Å²) in [6.45, 7) is 1.98. The van der Waals surface area contributed by atoms with Crippen LogP contribution in [0.2, 0.25) is 0 Å². The average molecular weight is 345 g/mol. The zero-order valence-corrected chi connectivity index (χ0v) is 14.2. The van der Waals surface area contributed by atoms with Gasteiger partial charge in [-0.2, -0.15) is 11.8 Å². The number of benzene rings is 2. The number of thioether (sulfide) groups is 1. The van der Waals surface area contributed by atoms with Crippen LogP contribution in [0.3, 0.4) is 0 Å². The Kier molecular flexibility index (Phi) is 6.52. The lowest BCUT2D eigenvalue weighted by molar-refractivity contribution is -0.384. The molecule has 2 rings (SSSR count). The molecule has 0 aliphatic rings. The number of Topliss-reactive ketones (excluding diaryl/α,β-unsaturated/α-hetero) is 1. The molecule has 2 aromatic rings. The van der Waals surface area contributed by atoms with E-state index in [4.69, 9.17) is 5.11 Å². The zero-order valence-electron chi connectivity index (χ0n) is 13.3. The van der Waals surface area contributed by atoms with Crippen molar-refractivity contribution in [2.75, 3.05) is 12.4 Å². The molecule has 0 spiro atoms. The second kappa shape index (κ2) is 8.61. The summed E-state index contributed by atoms with van der Waals surface area (Å²) in [4.78, 5) is 22.8. The first kappa shape index (κ1) is 18.2. The second-order valence-electron chi connectivity index (χ2n) is 5.43. The number of carbonyl (C=O) groups excluding carboxylic acids is 1. The molecule has 126 valence electrons. The van der Waals surface area contributed by atoms with E-state index in [9.17, 15) is 14.9 Å². The van der Waals surface area contributed by atoms with Crippen LogP contribution >= 0.6 is 11.8 Å². The van der Waals surface area contributed by atoms with Crippen LogP contribution in [0.4, 0.5) is 5.69 Å². The van der Waals surface area contributed by atoms with Gasteiger partial charge in [-0.15, -0.1) is 0 Å². The minimum Gasteiger partial charge on any atom is -0.396 e. The number of non-ortho nitro benzene ring substituents is 1. The van der Waals surface area contributed by atoms with E-state index >= 15 is 0 Å². The van der Waals surface area contributed by atoms with Crippen LogP contribution < -0.4 is 0 Å². The Hall–Kier alpha value is -2.18. The number of hydrogen-bond acceptors (Lipinski definition) is 5. The SMILES string of the molecule is Cc1ccc(C(=O)C[C@@H](SCCO)c2ccc([N+](=O)[O-])cc2)cc1. The predicted octanol–water partition coefficient (Wildman–Crippen LogP) is 3.94. The first-order valence-corrected chi connectivity index (χ1v) is 8.63. The molecule has 6 heteroatoms. The fourth-order valence-electron chi connectivity index (χ4n) is 2.30. The number of hydrogen-bond donors (Lipinski definition) is 1. The van der Waals surface area contributed by atoms with E-state index < -0.39 is 4.92 Å². The average Bonchev–Trinajstić information content (AvgIpc) is 2.59. The highest BCUT2D eigenvalue weighted by Gasteiger charge is 2.18. The molecule has 0 radical (unpaired) electrons. The van der Waals surface area contributed by atoms with E-state index in [2.05, 4.69) is 0 Å². The van der Waals surface area contributed by atoms with Crippen molar-refractivity contribution in [3.63, 3.8) is 0 Å². The molecule has 0 amide bonds. The van der Waals surface area contributed by atoms with Gasteiger partial charge in [0.15, 0.2) is 5.78 Å². The van der Waals surface area contributed by atoms with E-state index in [1.807, 2.05) is 19.1 Å². The lowest BCUT2D eigenvalue weighted by Gasteiger charge is -2.16. The lowest BCUT2D eigenvalue weighted by Crippen LogP contribution is -2.07. The van der Waals surface area contributed by atoms with E-state index in [1.165, 1.54) is 23.9 Å². The Labute approximate surface area is 144 Å². The highest BCUT2D eigenvalue weighted by Crippen LogP contribution is 2.34. The molecule has 5 nitrogen and oxygen atoms in total. The first-order valence-electron chi connectivity index (χ1n) is 7.58. The maximum absolute atomic E-state index is 12.5. The van der Waals surface area contributed by atoms with Crippen LogP contribution in [0, 0.1) is 17.0 Å². The molecular weight excluding hydrogens is 326 g/mol. The van der Waals surface area contributed by atoms with E-state index in [0.717, 1.165) is 11.1 Å². The number of nitro groups is 1. The van der Waals surface area contributed by atoms with Crippen LogP contribution in [0.5, 0.6) is 0 Å². The quantitative estimate of drug-likeness (QED) is 0.445. The maximum atomic E-state index is 12.5. The van der Waals surface area contributed by atoms with Gasteiger partial charge in [-0.3, -0.25) is 14.9 Å². The summed E-state index contributed by atoms with van der Waals surface area (Å²) in [7, 11) is 0. The number of ketones is 1. The van der Waals surface area contributed by atoms with Gasteiger partial charge in [0, 0.05) is 35.1 Å². The molecule has 0 saturated heterocycles. The monoisotopic (exact) mass is 345 g/mol. The van der Waals surface area contributed by atoms with Crippen molar-refractivity contribution in [1.29, 1.82) is 0 Å². The normalized spacial score (nSPS) is 11.9. The minimum absolute atomic E-state index is 0.0174. The summed E-state index contributed by atoms with van der Waals surface area (Å²) >= 11 is 1.47. The van der Waals surface area contributed by atoms with Crippen molar-refractivity contribution < 1.29 is 14.8 Å². The summed E-state index contributed by atoms with van der Waals surface area (Å²) in [5.74, 6) is 0.520. The van der Waals surface area contributed by atoms with Crippen LogP contribution in [0.1, 0.15) is 33.2 Å². The lowest BCUT2D eigenvalue weighted by atomic mass is 10.0. The van der Waals surface area contributed by atoms with Gasteiger partial charge < -0.3 is 5.11 Å². The van der Waals surface area contributed by atoms with Gasteiger partial charge in [0.05, 0.1) is 11.5 Å². The minimum atomic E-state index is -0.447. The topological polar surface area (TPSA) is 80.4 Å². The molecule has 0 heterocycles. The zero-order chi connectivity index (χ0) is 17.5. The van der Waals surface area contributed by atoms with Crippen LogP contribution in [0.15, 0.2) is 48.5 Å². The predicted molar refractivity (Wildman–Crippen MR) is 95.5 cm³/mol. The van der Waals surface area contributed by atoms with Gasteiger partial charge in [0.25, 0.3) is 5.69 Å². The summed E-state index contributed by atoms with van der Waals surface area (Å²) in [5, 5.41) is 19.7. The van der Waals surface area contributed by atoms with Gasteiger partial charge in [0.1, 0.15) is 0 Å². The fraction of sp³-hybridized carbons (Fsp3) is 0.278. The maximum Gasteiger partial charge on any atom is 0.269 e. The van der Waals surface area contributed by atoms with Crippen LogP contribution in [0.25, 0.3) is 0 Å². The highest BCUT2D eigenvalue weighted by atomic mass is 32.2. The Morgan fingerprint density at radius 2 is 1.79 bits per heavy atom. The molecule has 1 N–H and O–H groups in total. The van der Waals surface area contributed by atoms with Crippen molar-refractivity contribution >= 4 is 23.2 Å². The first-order chi connectivity index (χ1) is 11.5. The summed E-state index contributed by atoms with van der Waals surface area (Å²) in [5.41, 5.74) is 2.61. The number of aliphatic hydroxyl groups is 1. The largest absolute Gasteiger partial charge is 0.396 e. The third-order valence-electron chi connectivity index (χ3n) is 3.63. The Morgan fingerprint density at radius 1 is 1.17 bits per heavy atom. The molecule has 0 bridgehead atoms. The standard InChI is InChI=1S/C18H19NO4S/c1-13-2-4-14(5-3-13)17(21)12-18(24-11-10-20)15-6-8-16(9-7-15)19(22)23/h2-9,18,20H,10-12H2,1H3/t18-/m1/s1. The molecule has 24 heavy (non-hydrogen) atoms. The molecule has 0 aromatic heterocycles. The van der Waals surface area contributed by atoms with Crippen molar-refractivity contribution in [2.24, 2.45) is 0 Å². The molecule has 1 atom stereocenters. The van der Waals surface area contributed by atoms with Gasteiger partial charge >= 0.3 is 0 Å². The summed E-state index contributed by atoms with van der Waals surface area (Å²) < 4.78 is 0. The van der Waals surface area contributed by atoms with Gasteiger partial charge in [0.2, 0.25) is 0 Å². The number of rotatable bonds is 8. The Bertz CT molecular complexity index is 698. The van der Waals surface area contributed by atoms with Crippen LogP contribution in [-0.2, 0) is 0 Å². The van der Waals surface area contributed by atoms with Gasteiger partial charge in [-0.25, -0.2) is 0 Å². The van der Waals surface area contributed by atoms with Crippen molar-refractivity contribution in [2.45, 2.75) is 18.6 Å². The molecule has 2 aromatic carbocycles. The molecular formula is C18H19NO4S. The van der Waals surface area contributed by atoms with Crippen molar-refractivity contribution in [3.05, 3.63) is 75.3 Å². The Balaban J connectivity index is 2.16.